The second-order valence-electron chi connectivity index (χ2n) is 8.43. The van der Waals surface area contributed by atoms with Crippen molar-refractivity contribution in [1.82, 2.24) is 20.0 Å². The van der Waals surface area contributed by atoms with E-state index in [2.05, 4.69) is 15.0 Å². The van der Waals surface area contributed by atoms with Crippen LogP contribution in [0.3, 0.4) is 0 Å². The molecule has 164 valence electrons. The van der Waals surface area contributed by atoms with E-state index < -0.39 is 0 Å². The van der Waals surface area contributed by atoms with E-state index >= 15 is 0 Å². The number of carbonyl (C=O) groups is 2. The molecule has 2 aromatic carbocycles. The van der Waals surface area contributed by atoms with E-state index in [-0.39, 0.29) is 11.8 Å². The van der Waals surface area contributed by atoms with Crippen LogP contribution in [0.5, 0.6) is 0 Å². The number of hydrogen-bond acceptors (Lipinski definition) is 4. The Morgan fingerprint density at radius 3 is 2.53 bits per heavy atom. The lowest BCUT2D eigenvalue weighted by molar-refractivity contribution is 0.0941. The summed E-state index contributed by atoms with van der Waals surface area (Å²) in [6.45, 7) is 0.771. The van der Waals surface area contributed by atoms with Crippen molar-refractivity contribution in [3.8, 4) is 11.3 Å². The van der Waals surface area contributed by atoms with Gasteiger partial charge in [0.25, 0.3) is 11.8 Å². The van der Waals surface area contributed by atoms with Gasteiger partial charge >= 0.3 is 0 Å². The molecule has 1 fully saturated rings. The Morgan fingerprint density at radius 2 is 1.78 bits per heavy atom. The Kier molecular flexibility index (Phi) is 5.66. The summed E-state index contributed by atoms with van der Waals surface area (Å²) >= 11 is 1.57. The van der Waals surface area contributed by atoms with Gasteiger partial charge in [0, 0.05) is 36.5 Å². The van der Waals surface area contributed by atoms with Crippen molar-refractivity contribution in [3.63, 3.8) is 0 Å². The fourth-order valence-corrected chi connectivity index (χ4v) is 5.50. The van der Waals surface area contributed by atoms with Gasteiger partial charge in [-0.15, -0.1) is 0 Å². The van der Waals surface area contributed by atoms with Gasteiger partial charge in [-0.25, -0.2) is 4.98 Å². The summed E-state index contributed by atoms with van der Waals surface area (Å²) in [7, 11) is 1.62. The summed E-state index contributed by atoms with van der Waals surface area (Å²) in [4.78, 5) is 30.1. The van der Waals surface area contributed by atoms with Crippen LogP contribution in [0.25, 0.3) is 26.4 Å². The Morgan fingerprint density at radius 1 is 1.03 bits per heavy atom. The zero-order valence-electron chi connectivity index (χ0n) is 18.1. The lowest BCUT2D eigenvalue weighted by atomic mass is 9.89. The van der Waals surface area contributed by atoms with Gasteiger partial charge in [0.15, 0.2) is 4.96 Å². The van der Waals surface area contributed by atoms with Crippen LogP contribution in [-0.2, 0) is 0 Å². The van der Waals surface area contributed by atoms with E-state index in [1.807, 2.05) is 36.5 Å². The fourth-order valence-electron chi connectivity index (χ4n) is 4.45. The molecule has 1 aliphatic carbocycles. The van der Waals surface area contributed by atoms with Crippen molar-refractivity contribution in [3.05, 3.63) is 59.8 Å². The van der Waals surface area contributed by atoms with Crippen LogP contribution < -0.4 is 10.6 Å². The monoisotopic (exact) mass is 446 g/mol. The number of amides is 2. The van der Waals surface area contributed by atoms with Crippen molar-refractivity contribution in [2.45, 2.75) is 32.1 Å². The van der Waals surface area contributed by atoms with Crippen LogP contribution in [0.2, 0.25) is 0 Å². The highest BCUT2D eigenvalue weighted by atomic mass is 32.1. The van der Waals surface area contributed by atoms with E-state index in [4.69, 9.17) is 4.98 Å². The number of benzene rings is 2. The summed E-state index contributed by atoms with van der Waals surface area (Å²) in [6, 6.07) is 13.3. The van der Waals surface area contributed by atoms with Gasteiger partial charge in [0.05, 0.1) is 15.9 Å². The van der Waals surface area contributed by atoms with Gasteiger partial charge in [0.1, 0.15) is 0 Å². The first-order valence-corrected chi connectivity index (χ1v) is 12.0. The first-order chi connectivity index (χ1) is 15.6. The van der Waals surface area contributed by atoms with E-state index in [0.717, 1.165) is 33.0 Å². The highest BCUT2D eigenvalue weighted by Crippen LogP contribution is 2.30. The molecule has 0 bridgehead atoms. The number of aromatic nitrogens is 2. The second kappa shape index (κ2) is 8.74. The number of hydrogen-bond donors (Lipinski definition) is 2. The van der Waals surface area contributed by atoms with Gasteiger partial charge in [-0.1, -0.05) is 42.7 Å². The van der Waals surface area contributed by atoms with Gasteiger partial charge in [-0.3, -0.25) is 14.0 Å². The van der Waals surface area contributed by atoms with Gasteiger partial charge in [-0.2, -0.15) is 0 Å². The normalized spacial score (nSPS) is 14.7. The van der Waals surface area contributed by atoms with Crippen molar-refractivity contribution < 1.29 is 9.59 Å². The zero-order chi connectivity index (χ0) is 22.1. The van der Waals surface area contributed by atoms with Crippen molar-refractivity contribution in [2.24, 2.45) is 5.92 Å². The molecule has 0 spiro atoms. The predicted molar refractivity (Wildman–Crippen MR) is 128 cm³/mol. The average Bonchev–Trinajstić information content (AvgIpc) is 3.40. The summed E-state index contributed by atoms with van der Waals surface area (Å²) in [5, 5.41) is 5.75. The number of nitrogens with one attached hydrogen (secondary N) is 2. The minimum atomic E-state index is -0.105. The smallest absolute Gasteiger partial charge is 0.251 e. The van der Waals surface area contributed by atoms with Crippen LogP contribution in [0, 0.1) is 5.92 Å². The molecule has 6 nitrogen and oxygen atoms in total. The fraction of sp³-hybridized carbons (Fsp3) is 0.320. The average molecular weight is 447 g/mol. The van der Waals surface area contributed by atoms with Crippen molar-refractivity contribution >= 4 is 38.3 Å². The summed E-state index contributed by atoms with van der Waals surface area (Å²) < 4.78 is 3.10. The number of nitrogens with zero attached hydrogens (tertiary/aromatic N) is 2. The lowest BCUT2D eigenvalue weighted by Crippen LogP contribution is -2.30. The molecular weight excluding hydrogens is 420 g/mol. The maximum absolute atomic E-state index is 12.7. The van der Waals surface area contributed by atoms with Crippen LogP contribution in [-0.4, -0.2) is 34.8 Å². The van der Waals surface area contributed by atoms with E-state index in [9.17, 15) is 9.59 Å². The van der Waals surface area contributed by atoms with Crippen LogP contribution >= 0.6 is 11.3 Å². The molecule has 0 aliphatic heterocycles. The first kappa shape index (κ1) is 20.7. The molecule has 1 saturated carbocycles. The predicted octanol–water partition coefficient (Wildman–Crippen LogP) is 4.89. The molecule has 32 heavy (non-hydrogen) atoms. The molecule has 2 amide bonds. The summed E-state index contributed by atoms with van der Waals surface area (Å²) in [5.41, 5.74) is 4.17. The van der Waals surface area contributed by atoms with Crippen LogP contribution in [0.4, 0.5) is 0 Å². The molecule has 0 radical (unpaired) electrons. The van der Waals surface area contributed by atoms with Gasteiger partial charge in [-0.05, 0) is 49.1 Å². The Labute approximate surface area is 190 Å². The highest BCUT2D eigenvalue weighted by Gasteiger charge is 2.16. The second-order valence-corrected chi connectivity index (χ2v) is 9.44. The largest absolute Gasteiger partial charge is 0.355 e. The first-order valence-electron chi connectivity index (χ1n) is 11.1. The summed E-state index contributed by atoms with van der Waals surface area (Å²) in [6.07, 6.45) is 8.33. The molecule has 2 N–H and O–H groups in total. The molecule has 4 aromatic rings. The maximum Gasteiger partial charge on any atom is 0.251 e. The maximum atomic E-state index is 12.7. The van der Waals surface area contributed by atoms with E-state index in [0.29, 0.717) is 17.0 Å². The number of carbonyl (C=O) groups excluding carboxylic acids is 2. The van der Waals surface area contributed by atoms with Crippen LogP contribution in [0.15, 0.2) is 48.7 Å². The number of rotatable bonds is 5. The van der Waals surface area contributed by atoms with Crippen LogP contribution in [0.1, 0.15) is 52.8 Å². The molecule has 2 heterocycles. The summed E-state index contributed by atoms with van der Waals surface area (Å²) in [5.74, 6) is 0.512. The molecule has 7 heteroatoms. The minimum absolute atomic E-state index is 0.000378. The zero-order valence-corrected chi connectivity index (χ0v) is 18.9. The number of imidazole rings is 1. The topological polar surface area (TPSA) is 75.5 Å². The lowest BCUT2D eigenvalue weighted by Gasteiger charge is -2.21. The van der Waals surface area contributed by atoms with E-state index in [1.165, 1.54) is 32.1 Å². The third-order valence-corrected chi connectivity index (χ3v) is 7.32. The Hall–Kier alpha value is -3.19. The van der Waals surface area contributed by atoms with E-state index in [1.54, 1.807) is 30.5 Å². The highest BCUT2D eigenvalue weighted by molar-refractivity contribution is 7.23. The quantitative estimate of drug-likeness (QED) is 0.459. The number of thiazole rings is 1. The molecule has 2 aromatic heterocycles. The molecule has 5 rings (SSSR count). The Bertz CT molecular complexity index is 1280. The molecule has 1 aliphatic rings. The number of fused-ring (bicyclic) bond motifs is 3. The molecule has 0 saturated heterocycles. The third kappa shape index (κ3) is 4.00. The van der Waals surface area contributed by atoms with Crippen molar-refractivity contribution in [1.29, 1.82) is 0 Å². The van der Waals surface area contributed by atoms with Gasteiger partial charge < -0.3 is 10.6 Å². The standard InChI is InChI=1S/C25H26N4O2S/c1-26-23(30)18-9-7-17(8-10-18)20-15-29-21-12-11-19(13-22(21)32-25(29)28-20)24(31)27-14-16-5-3-2-4-6-16/h7-13,15-16H,2-6,14H2,1H3,(H,26,30)(H,27,31). The Balaban J connectivity index is 1.35. The SMILES string of the molecule is CNC(=O)c1ccc(-c2cn3c(n2)sc2cc(C(=O)NCC4CCCCC4)ccc23)cc1. The molecule has 0 unspecified atom stereocenters. The third-order valence-electron chi connectivity index (χ3n) is 6.30. The van der Waals surface area contributed by atoms with Crippen molar-refractivity contribution in [2.75, 3.05) is 13.6 Å². The molecule has 0 atom stereocenters. The molecular formula is C25H26N4O2S. The minimum Gasteiger partial charge on any atom is -0.355 e. The van der Waals surface area contributed by atoms with Gasteiger partial charge in [0.2, 0.25) is 0 Å².